The van der Waals surface area contributed by atoms with Crippen LogP contribution in [0, 0.1) is 0 Å². The Bertz CT molecular complexity index is 999. The van der Waals surface area contributed by atoms with Crippen LogP contribution in [-0.2, 0) is 9.59 Å². The summed E-state index contributed by atoms with van der Waals surface area (Å²) in [6.45, 7) is 0. The van der Waals surface area contributed by atoms with Gasteiger partial charge in [0.15, 0.2) is 5.17 Å². The van der Waals surface area contributed by atoms with E-state index in [9.17, 15) is 18.4 Å². The highest BCUT2D eigenvalue weighted by Crippen LogP contribution is 2.33. The number of methoxy groups -OCH3 is 1. The van der Waals surface area contributed by atoms with E-state index in [4.69, 9.17) is 16.3 Å². The minimum Gasteiger partial charge on any atom is -0.494 e. The van der Waals surface area contributed by atoms with Crippen LogP contribution in [0.4, 0.5) is 20.2 Å². The van der Waals surface area contributed by atoms with E-state index in [0.717, 1.165) is 11.8 Å². The van der Waals surface area contributed by atoms with Gasteiger partial charge >= 0.3 is 5.57 Å². The third-order valence-corrected chi connectivity index (χ3v) is 5.54. The van der Waals surface area contributed by atoms with E-state index in [1.54, 1.807) is 31.3 Å². The Hall–Kier alpha value is -2.85. The molecule has 1 saturated heterocycles. The molecule has 0 saturated carbocycles. The summed E-state index contributed by atoms with van der Waals surface area (Å²) in [6.07, 6.45) is -0.0163. The molecule has 31 heavy (non-hydrogen) atoms. The smallest absolute Gasteiger partial charge is 0.487 e. The maximum Gasteiger partial charge on any atom is 0.487 e. The molecule has 1 heterocycles. The summed E-state index contributed by atoms with van der Waals surface area (Å²) in [6, 6.07) is 12.3. The Morgan fingerprint density at radius 2 is 1.94 bits per heavy atom. The molecular weight excluding hydrogens is 452 g/mol. The van der Waals surface area contributed by atoms with Crippen molar-refractivity contribution in [3.8, 4) is 11.5 Å². The highest BCUT2D eigenvalue weighted by molar-refractivity contribution is 8.15. The van der Waals surface area contributed by atoms with Crippen LogP contribution >= 0.6 is 23.4 Å². The number of amidine groups is 1. The predicted molar refractivity (Wildman–Crippen MR) is 115 cm³/mol. The fourth-order valence-corrected chi connectivity index (χ4v) is 3.83. The molecule has 1 unspecified atom stereocenters. The summed E-state index contributed by atoms with van der Waals surface area (Å²) in [4.78, 5) is 31.0. The van der Waals surface area contributed by atoms with Crippen molar-refractivity contribution in [3.05, 3.63) is 48.5 Å². The van der Waals surface area contributed by atoms with Crippen LogP contribution in [0.25, 0.3) is 0 Å². The number of nitrogens with zero attached hydrogens (tertiary/aromatic N) is 2. The molecule has 7 nitrogen and oxygen atoms in total. The highest BCUT2D eigenvalue weighted by Gasteiger charge is 2.34. The first kappa shape index (κ1) is 22.8. The van der Waals surface area contributed by atoms with E-state index < -0.39 is 16.7 Å². The van der Waals surface area contributed by atoms with E-state index in [1.165, 1.54) is 36.3 Å². The van der Waals surface area contributed by atoms with Crippen molar-refractivity contribution in [2.45, 2.75) is 17.2 Å². The summed E-state index contributed by atoms with van der Waals surface area (Å²) in [5.41, 5.74) is -2.95. The third kappa shape index (κ3) is 6.08. The van der Waals surface area contributed by atoms with Gasteiger partial charge in [0.2, 0.25) is 11.8 Å². The minimum absolute atomic E-state index is 0.0163. The molecule has 1 N–H and O–H groups in total. The van der Waals surface area contributed by atoms with Gasteiger partial charge in [-0.25, -0.2) is 4.99 Å². The molecule has 2 aromatic carbocycles. The van der Waals surface area contributed by atoms with Gasteiger partial charge in [-0.15, -0.1) is 8.78 Å². The Kier molecular flexibility index (Phi) is 7.01. The van der Waals surface area contributed by atoms with Crippen LogP contribution < -0.4 is 14.8 Å². The molecule has 3 rings (SSSR count). The molecule has 0 radical (unpaired) electrons. The lowest BCUT2D eigenvalue weighted by atomic mass is 10.2. The molecule has 2 aromatic rings. The number of para-hydroxylation sites is 2. The van der Waals surface area contributed by atoms with Crippen LogP contribution in [0.3, 0.4) is 0 Å². The third-order valence-electron chi connectivity index (χ3n) is 4.22. The number of ether oxygens (including phenoxy) is 2. The summed E-state index contributed by atoms with van der Waals surface area (Å²) >= 11 is 5.87. The Labute approximate surface area is 186 Å². The van der Waals surface area contributed by atoms with Gasteiger partial charge in [-0.1, -0.05) is 23.9 Å². The van der Waals surface area contributed by atoms with Crippen LogP contribution in [0.1, 0.15) is 6.42 Å². The first-order chi connectivity index (χ1) is 14.7. The number of carbonyl (C=O) groups is 2. The standard InChI is InChI=1S/C20H18ClF2N3O4S/c1-26-17(27)11-16(31-19(26)25-14-5-3-4-6-15(14)29-2)18(28)24-12-7-9-13(10-8-12)30-20(21,22)23/h3-10,16H,11H2,1-2H3,(H,24,28). The van der Waals surface area contributed by atoms with E-state index in [2.05, 4.69) is 15.0 Å². The van der Waals surface area contributed by atoms with E-state index in [1.807, 2.05) is 0 Å². The van der Waals surface area contributed by atoms with E-state index in [0.29, 0.717) is 22.3 Å². The number of hydrogen-bond acceptors (Lipinski definition) is 6. The van der Waals surface area contributed by atoms with Gasteiger partial charge in [0, 0.05) is 30.8 Å². The monoisotopic (exact) mass is 469 g/mol. The van der Waals surface area contributed by atoms with Crippen LogP contribution in [0.5, 0.6) is 11.5 Å². The zero-order valence-corrected chi connectivity index (χ0v) is 18.0. The first-order valence-corrected chi connectivity index (χ1v) is 10.2. The second kappa shape index (κ2) is 9.52. The van der Waals surface area contributed by atoms with Gasteiger partial charge in [0.1, 0.15) is 22.4 Å². The molecule has 1 atom stereocenters. The molecule has 1 aliphatic rings. The summed E-state index contributed by atoms with van der Waals surface area (Å²) in [7, 11) is 3.10. The molecule has 1 fully saturated rings. The lowest BCUT2D eigenvalue weighted by Crippen LogP contribution is -2.43. The molecule has 1 aliphatic heterocycles. The van der Waals surface area contributed by atoms with Crippen molar-refractivity contribution in [1.29, 1.82) is 0 Å². The lowest BCUT2D eigenvalue weighted by Gasteiger charge is -2.29. The number of aliphatic imine (C=N–C) groups is 1. The Morgan fingerprint density at radius 3 is 2.58 bits per heavy atom. The molecule has 0 bridgehead atoms. The van der Waals surface area contributed by atoms with Crippen molar-refractivity contribution >= 4 is 51.7 Å². The van der Waals surface area contributed by atoms with E-state index in [-0.39, 0.29) is 18.1 Å². The SMILES string of the molecule is COc1ccccc1N=C1SC(C(=O)Nc2ccc(OC(F)(F)Cl)cc2)CC(=O)N1C. The van der Waals surface area contributed by atoms with E-state index >= 15 is 0 Å². The molecule has 2 amide bonds. The zero-order valence-electron chi connectivity index (χ0n) is 16.5. The molecular formula is C20H18ClF2N3O4S. The molecule has 11 heteroatoms. The fourth-order valence-electron chi connectivity index (χ4n) is 2.69. The molecule has 0 aromatic heterocycles. The summed E-state index contributed by atoms with van der Waals surface area (Å²) in [5, 5.41) is 2.29. The average Bonchev–Trinajstić information content (AvgIpc) is 2.72. The maximum absolute atomic E-state index is 12.7. The lowest BCUT2D eigenvalue weighted by molar-refractivity contribution is -0.128. The number of benzene rings is 2. The maximum atomic E-state index is 12.7. The molecule has 0 aliphatic carbocycles. The van der Waals surface area contributed by atoms with Gasteiger partial charge in [0.05, 0.1) is 7.11 Å². The van der Waals surface area contributed by atoms with Crippen LogP contribution in [0.15, 0.2) is 53.5 Å². The average molecular weight is 470 g/mol. The van der Waals surface area contributed by atoms with Crippen molar-refractivity contribution < 1.29 is 27.8 Å². The van der Waals surface area contributed by atoms with Gasteiger partial charge in [0.25, 0.3) is 0 Å². The normalized spacial score (nSPS) is 18.1. The number of halogens is 3. The van der Waals surface area contributed by atoms with Crippen LogP contribution in [-0.4, -0.2) is 46.9 Å². The highest BCUT2D eigenvalue weighted by atomic mass is 35.5. The Balaban J connectivity index is 1.73. The minimum atomic E-state index is -3.83. The second-order valence-corrected chi connectivity index (χ2v) is 8.00. The van der Waals surface area contributed by atoms with Crippen molar-refractivity contribution in [3.63, 3.8) is 0 Å². The zero-order chi connectivity index (χ0) is 22.6. The summed E-state index contributed by atoms with van der Waals surface area (Å²) in [5.74, 6) is -0.308. The van der Waals surface area contributed by atoms with Crippen molar-refractivity contribution in [1.82, 2.24) is 4.90 Å². The van der Waals surface area contributed by atoms with Gasteiger partial charge in [-0.05, 0) is 36.4 Å². The largest absolute Gasteiger partial charge is 0.494 e. The number of rotatable bonds is 6. The number of anilines is 1. The van der Waals surface area contributed by atoms with Gasteiger partial charge in [-0.2, -0.15) is 0 Å². The van der Waals surface area contributed by atoms with Crippen molar-refractivity contribution in [2.24, 2.45) is 4.99 Å². The quantitative estimate of drug-likeness (QED) is 0.632. The van der Waals surface area contributed by atoms with Crippen LogP contribution in [0.2, 0.25) is 0 Å². The number of thioether (sulfide) groups is 1. The fraction of sp³-hybridized carbons (Fsp3) is 0.250. The summed E-state index contributed by atoms with van der Waals surface area (Å²) < 4.78 is 34.9. The molecule has 164 valence electrons. The van der Waals surface area contributed by atoms with Crippen molar-refractivity contribution in [2.75, 3.05) is 19.5 Å². The second-order valence-electron chi connectivity index (χ2n) is 6.39. The molecule has 0 spiro atoms. The number of alkyl halides is 3. The van der Waals surface area contributed by atoms with Gasteiger partial charge in [-0.3, -0.25) is 14.5 Å². The topological polar surface area (TPSA) is 80.2 Å². The predicted octanol–water partition coefficient (Wildman–Crippen LogP) is 4.45. The Morgan fingerprint density at radius 1 is 1.26 bits per heavy atom. The number of nitrogens with one attached hydrogen (secondary N) is 1. The number of hydrogen-bond donors (Lipinski definition) is 1. The number of amides is 2. The van der Waals surface area contributed by atoms with Gasteiger partial charge < -0.3 is 14.8 Å². The first-order valence-electron chi connectivity index (χ1n) is 8.98. The number of carbonyl (C=O) groups excluding carboxylic acids is 2.